The average Bonchev–Trinajstić information content (AvgIpc) is 2.53. The van der Waals surface area contributed by atoms with Gasteiger partial charge in [0.25, 0.3) is 0 Å². The minimum atomic E-state index is -3.00. The molecular weight excluding hydrogens is 230 g/mol. The molecule has 0 aliphatic carbocycles. The van der Waals surface area contributed by atoms with Crippen LogP contribution in [-0.2, 0) is 22.8 Å². The zero-order valence-corrected chi connectivity index (χ0v) is 10.1. The summed E-state index contributed by atoms with van der Waals surface area (Å²) in [5.74, 6) is 0.510. The van der Waals surface area contributed by atoms with Crippen molar-refractivity contribution in [1.82, 2.24) is 9.78 Å². The van der Waals surface area contributed by atoms with Crippen LogP contribution in [0.2, 0.25) is 0 Å². The van der Waals surface area contributed by atoms with Crippen LogP contribution in [0, 0.1) is 0 Å². The molecule has 16 heavy (non-hydrogen) atoms. The van der Waals surface area contributed by atoms with Crippen molar-refractivity contribution in [2.75, 3.05) is 24.3 Å². The van der Waals surface area contributed by atoms with E-state index in [0.717, 1.165) is 5.56 Å². The van der Waals surface area contributed by atoms with Crippen LogP contribution >= 0.6 is 0 Å². The zero-order chi connectivity index (χ0) is 12.2. The lowest BCUT2D eigenvalue weighted by Gasteiger charge is -2.04. The Balaban J connectivity index is 2.65. The van der Waals surface area contributed by atoms with Gasteiger partial charge in [0, 0.05) is 18.4 Å². The maximum Gasteiger partial charge on any atom is 0.149 e. The summed E-state index contributed by atoms with van der Waals surface area (Å²) in [4.78, 5) is 0. The van der Waals surface area contributed by atoms with E-state index in [1.165, 1.54) is 10.9 Å². The van der Waals surface area contributed by atoms with Gasteiger partial charge in [0.15, 0.2) is 0 Å². The zero-order valence-electron chi connectivity index (χ0n) is 9.26. The quantitative estimate of drug-likeness (QED) is 0.702. The summed E-state index contributed by atoms with van der Waals surface area (Å²) in [5.41, 5.74) is 6.65. The van der Waals surface area contributed by atoms with E-state index in [1.807, 2.05) is 0 Å². The Morgan fingerprint density at radius 2 is 2.25 bits per heavy atom. The first-order chi connectivity index (χ1) is 7.44. The molecule has 0 aliphatic heterocycles. The lowest BCUT2D eigenvalue weighted by atomic mass is 10.2. The van der Waals surface area contributed by atoms with Crippen LogP contribution in [0.5, 0.6) is 0 Å². The number of nitrogen functional groups attached to an aromatic ring is 1. The van der Waals surface area contributed by atoms with Gasteiger partial charge in [-0.05, 0) is 12.8 Å². The first kappa shape index (κ1) is 13.0. The molecule has 1 heterocycles. The third-order valence-corrected chi connectivity index (χ3v) is 3.16. The van der Waals surface area contributed by atoms with Crippen LogP contribution in [0.15, 0.2) is 6.20 Å². The Morgan fingerprint density at radius 1 is 1.56 bits per heavy atom. The molecule has 0 aliphatic rings. The molecule has 1 rings (SSSR count). The van der Waals surface area contributed by atoms with E-state index in [9.17, 15) is 8.42 Å². The van der Waals surface area contributed by atoms with Gasteiger partial charge in [-0.3, -0.25) is 0 Å². The van der Waals surface area contributed by atoms with E-state index in [2.05, 4.69) is 5.10 Å². The lowest BCUT2D eigenvalue weighted by Crippen LogP contribution is -2.14. The minimum absolute atomic E-state index is 0.0261. The predicted molar refractivity (Wildman–Crippen MR) is 61.8 cm³/mol. The second-order valence-corrected chi connectivity index (χ2v) is 5.99. The second-order valence-electron chi connectivity index (χ2n) is 3.74. The maximum atomic E-state index is 11.0. The Labute approximate surface area is 95.0 Å². The minimum Gasteiger partial charge on any atom is -0.396 e. The Hall–Kier alpha value is -1.08. The van der Waals surface area contributed by atoms with Gasteiger partial charge in [-0.1, -0.05) is 0 Å². The fraction of sp³-hybridized carbons (Fsp3) is 0.667. The molecule has 0 saturated carbocycles. The van der Waals surface area contributed by atoms with Gasteiger partial charge in [0.1, 0.15) is 15.7 Å². The van der Waals surface area contributed by atoms with Crippen LogP contribution < -0.4 is 5.73 Å². The molecule has 0 bridgehead atoms. The topological polar surface area (TPSA) is 98.2 Å². The monoisotopic (exact) mass is 247 g/mol. The molecule has 0 amide bonds. The highest BCUT2D eigenvalue weighted by Crippen LogP contribution is 2.12. The number of aliphatic hydroxyl groups is 1. The highest BCUT2D eigenvalue weighted by Gasteiger charge is 2.09. The summed E-state index contributed by atoms with van der Waals surface area (Å²) in [7, 11) is -3.00. The fourth-order valence-electron chi connectivity index (χ4n) is 1.33. The van der Waals surface area contributed by atoms with Crippen molar-refractivity contribution < 1.29 is 13.5 Å². The lowest BCUT2D eigenvalue weighted by molar-refractivity contribution is 0.288. The van der Waals surface area contributed by atoms with Gasteiger partial charge in [0.2, 0.25) is 0 Å². The smallest absolute Gasteiger partial charge is 0.149 e. The standard InChI is InChI=1S/C9H17N3O3S/c1-16(14,15)6-4-12-9(10)8(7-11-12)3-2-5-13/h7,13H,2-6,10H2,1H3. The maximum absolute atomic E-state index is 11.0. The van der Waals surface area contributed by atoms with E-state index < -0.39 is 9.84 Å². The molecule has 0 fully saturated rings. The molecule has 0 aromatic carbocycles. The average molecular weight is 247 g/mol. The number of hydrogen-bond acceptors (Lipinski definition) is 5. The molecule has 0 unspecified atom stereocenters. The molecule has 7 heteroatoms. The van der Waals surface area contributed by atoms with Crippen molar-refractivity contribution in [2.45, 2.75) is 19.4 Å². The molecule has 0 saturated heterocycles. The van der Waals surface area contributed by atoms with Crippen molar-refractivity contribution in [3.05, 3.63) is 11.8 Å². The second kappa shape index (κ2) is 5.31. The van der Waals surface area contributed by atoms with E-state index in [4.69, 9.17) is 10.8 Å². The Morgan fingerprint density at radius 3 is 2.81 bits per heavy atom. The van der Waals surface area contributed by atoms with Crippen LogP contribution in [0.4, 0.5) is 5.82 Å². The molecule has 0 radical (unpaired) electrons. The molecule has 1 aromatic heterocycles. The SMILES string of the molecule is CS(=O)(=O)CCn1ncc(CCCO)c1N. The van der Waals surface area contributed by atoms with Crippen molar-refractivity contribution in [1.29, 1.82) is 0 Å². The van der Waals surface area contributed by atoms with Crippen LogP contribution in [0.3, 0.4) is 0 Å². The van der Waals surface area contributed by atoms with Gasteiger partial charge in [0.05, 0.1) is 18.5 Å². The summed E-state index contributed by atoms with van der Waals surface area (Å²) in [6.07, 6.45) is 4.08. The number of aromatic nitrogens is 2. The predicted octanol–water partition coefficient (Wildman–Crippen LogP) is -0.565. The number of aryl methyl sites for hydroxylation is 2. The fourth-order valence-corrected chi connectivity index (χ4v) is 1.83. The van der Waals surface area contributed by atoms with Gasteiger partial charge < -0.3 is 10.8 Å². The molecule has 1 aromatic rings. The summed E-state index contributed by atoms with van der Waals surface area (Å²) >= 11 is 0. The van der Waals surface area contributed by atoms with E-state index in [-0.39, 0.29) is 18.9 Å². The number of hydrogen-bond donors (Lipinski definition) is 2. The van der Waals surface area contributed by atoms with Crippen molar-refractivity contribution in [2.24, 2.45) is 0 Å². The number of anilines is 1. The molecule has 92 valence electrons. The van der Waals surface area contributed by atoms with Gasteiger partial charge in [-0.2, -0.15) is 5.10 Å². The Kier molecular flexibility index (Phi) is 4.31. The Bertz CT molecular complexity index is 439. The highest BCUT2D eigenvalue weighted by molar-refractivity contribution is 7.90. The van der Waals surface area contributed by atoms with E-state index >= 15 is 0 Å². The van der Waals surface area contributed by atoms with E-state index in [1.54, 1.807) is 6.20 Å². The number of nitrogens with two attached hydrogens (primary N) is 1. The third-order valence-electron chi connectivity index (χ3n) is 2.24. The summed E-state index contributed by atoms with van der Waals surface area (Å²) in [5, 5.41) is 12.7. The number of aliphatic hydroxyl groups excluding tert-OH is 1. The van der Waals surface area contributed by atoms with Crippen LogP contribution in [-0.4, -0.2) is 41.9 Å². The molecule has 0 atom stereocenters. The van der Waals surface area contributed by atoms with Crippen LogP contribution in [0.1, 0.15) is 12.0 Å². The molecule has 3 N–H and O–H groups in total. The summed E-state index contributed by atoms with van der Waals surface area (Å²) < 4.78 is 23.4. The largest absolute Gasteiger partial charge is 0.396 e. The van der Waals surface area contributed by atoms with Crippen molar-refractivity contribution in [3.63, 3.8) is 0 Å². The summed E-state index contributed by atoms with van der Waals surface area (Å²) in [6.45, 7) is 0.373. The van der Waals surface area contributed by atoms with E-state index in [0.29, 0.717) is 18.7 Å². The third kappa shape index (κ3) is 3.82. The summed E-state index contributed by atoms with van der Waals surface area (Å²) in [6, 6.07) is 0. The molecular formula is C9H17N3O3S. The molecule has 6 nitrogen and oxygen atoms in total. The number of rotatable bonds is 6. The van der Waals surface area contributed by atoms with Gasteiger partial charge in [-0.15, -0.1) is 0 Å². The van der Waals surface area contributed by atoms with Gasteiger partial charge in [-0.25, -0.2) is 13.1 Å². The van der Waals surface area contributed by atoms with Crippen molar-refractivity contribution >= 4 is 15.7 Å². The van der Waals surface area contributed by atoms with Crippen molar-refractivity contribution in [3.8, 4) is 0 Å². The van der Waals surface area contributed by atoms with Gasteiger partial charge >= 0.3 is 0 Å². The highest BCUT2D eigenvalue weighted by atomic mass is 32.2. The number of sulfone groups is 1. The number of nitrogens with zero attached hydrogens (tertiary/aromatic N) is 2. The first-order valence-corrected chi connectivity index (χ1v) is 7.09. The molecule has 0 spiro atoms. The normalized spacial score (nSPS) is 11.9. The van der Waals surface area contributed by atoms with Crippen LogP contribution in [0.25, 0.3) is 0 Å². The first-order valence-electron chi connectivity index (χ1n) is 5.03.